The Hall–Kier alpha value is -1.79. The van der Waals surface area contributed by atoms with Crippen LogP contribution in [0.15, 0.2) is 28.8 Å². The second kappa shape index (κ2) is 6.78. The summed E-state index contributed by atoms with van der Waals surface area (Å²) in [7, 11) is 0. The van der Waals surface area contributed by atoms with Gasteiger partial charge in [0, 0.05) is 5.56 Å². The molecule has 0 spiro atoms. The maximum Gasteiger partial charge on any atom is 0.229 e. The molecule has 2 aromatic rings. The van der Waals surface area contributed by atoms with E-state index in [9.17, 15) is 4.39 Å². The highest BCUT2D eigenvalue weighted by atomic mass is 19.1. The van der Waals surface area contributed by atoms with E-state index >= 15 is 0 Å². The van der Waals surface area contributed by atoms with Crippen molar-refractivity contribution in [3.63, 3.8) is 0 Å². The molecule has 3 rings (SSSR count). The van der Waals surface area contributed by atoms with E-state index in [1.165, 1.54) is 12.1 Å². The molecule has 0 saturated carbocycles. The second-order valence-electron chi connectivity index (χ2n) is 5.09. The van der Waals surface area contributed by atoms with Gasteiger partial charge in [-0.05, 0) is 38.1 Å². The molecule has 1 aromatic carbocycles. The fourth-order valence-corrected chi connectivity index (χ4v) is 2.38. The Labute approximate surface area is 122 Å². The van der Waals surface area contributed by atoms with Crippen molar-refractivity contribution < 1.29 is 13.7 Å². The Bertz CT molecular complexity index is 582. The van der Waals surface area contributed by atoms with E-state index in [2.05, 4.69) is 15.5 Å². The van der Waals surface area contributed by atoms with Crippen molar-refractivity contribution in [2.24, 2.45) is 0 Å². The quantitative estimate of drug-likeness (QED) is 0.915. The molecular formula is C15H18FN3O2. The van der Waals surface area contributed by atoms with Crippen molar-refractivity contribution in [1.82, 2.24) is 15.5 Å². The van der Waals surface area contributed by atoms with Crippen LogP contribution in [0.25, 0.3) is 11.4 Å². The number of ether oxygens (including phenoxy) is 1. The zero-order valence-corrected chi connectivity index (χ0v) is 11.7. The van der Waals surface area contributed by atoms with Crippen molar-refractivity contribution in [3.8, 4) is 11.4 Å². The fraction of sp³-hybridized carbons (Fsp3) is 0.467. The average molecular weight is 291 g/mol. The number of halogens is 1. The molecule has 0 atom stereocenters. The molecule has 1 aromatic heterocycles. The predicted molar refractivity (Wildman–Crippen MR) is 75.2 cm³/mol. The zero-order valence-electron chi connectivity index (χ0n) is 11.7. The normalized spacial score (nSPS) is 16.2. The summed E-state index contributed by atoms with van der Waals surface area (Å²) in [6.07, 6.45) is 2.97. The number of rotatable bonds is 5. The summed E-state index contributed by atoms with van der Waals surface area (Å²) >= 11 is 0. The lowest BCUT2D eigenvalue weighted by atomic mass is 10.1. The minimum atomic E-state index is -0.312. The summed E-state index contributed by atoms with van der Waals surface area (Å²) in [4.78, 5) is 4.27. The smallest absolute Gasteiger partial charge is 0.229 e. The lowest BCUT2D eigenvalue weighted by Gasteiger charge is -2.22. The largest absolute Gasteiger partial charge is 0.378 e. The van der Waals surface area contributed by atoms with Crippen molar-refractivity contribution in [1.29, 1.82) is 0 Å². The van der Waals surface area contributed by atoms with E-state index in [4.69, 9.17) is 9.26 Å². The molecule has 1 N–H and O–H groups in total. The van der Waals surface area contributed by atoms with Crippen molar-refractivity contribution in [2.75, 3.05) is 19.7 Å². The predicted octanol–water partition coefficient (Wildman–Crippen LogP) is 2.19. The summed E-state index contributed by atoms with van der Waals surface area (Å²) in [5.41, 5.74) is 0.615. The Balaban J connectivity index is 1.53. The maximum absolute atomic E-state index is 13.2. The Morgan fingerprint density at radius 1 is 1.33 bits per heavy atom. The Morgan fingerprint density at radius 2 is 2.19 bits per heavy atom. The van der Waals surface area contributed by atoms with Crippen LogP contribution >= 0.6 is 0 Å². The van der Waals surface area contributed by atoms with E-state index < -0.39 is 0 Å². The Morgan fingerprint density at radius 3 is 3.00 bits per heavy atom. The molecule has 0 amide bonds. The Kier molecular flexibility index (Phi) is 4.57. The molecule has 1 aliphatic heterocycles. The minimum Gasteiger partial charge on any atom is -0.378 e. The van der Waals surface area contributed by atoms with Crippen LogP contribution in [0.1, 0.15) is 18.7 Å². The molecule has 1 saturated heterocycles. The fourth-order valence-electron chi connectivity index (χ4n) is 2.38. The molecule has 1 fully saturated rings. The number of nitrogens with one attached hydrogen (secondary N) is 1. The summed E-state index contributed by atoms with van der Waals surface area (Å²) < 4.78 is 24.1. The van der Waals surface area contributed by atoms with Crippen LogP contribution in [-0.2, 0) is 11.2 Å². The van der Waals surface area contributed by atoms with Crippen LogP contribution in [0.5, 0.6) is 0 Å². The number of aromatic nitrogens is 2. The monoisotopic (exact) mass is 291 g/mol. The molecule has 21 heavy (non-hydrogen) atoms. The number of hydrogen-bond donors (Lipinski definition) is 1. The van der Waals surface area contributed by atoms with Gasteiger partial charge in [-0.2, -0.15) is 4.98 Å². The molecule has 0 unspecified atom stereocenters. The van der Waals surface area contributed by atoms with Gasteiger partial charge in [-0.25, -0.2) is 4.39 Å². The molecule has 2 heterocycles. The second-order valence-corrected chi connectivity index (χ2v) is 5.09. The highest BCUT2D eigenvalue weighted by Crippen LogP contribution is 2.17. The number of nitrogens with zero attached hydrogens (tertiary/aromatic N) is 2. The average Bonchev–Trinajstić information content (AvgIpc) is 2.97. The SMILES string of the molecule is Fc1cccc(-c2noc(CCOC3CCNCC3)n2)c1. The summed E-state index contributed by atoms with van der Waals surface area (Å²) in [5, 5.41) is 7.17. The molecular weight excluding hydrogens is 273 g/mol. The zero-order chi connectivity index (χ0) is 14.5. The minimum absolute atomic E-state index is 0.312. The van der Waals surface area contributed by atoms with Crippen LogP contribution in [0.2, 0.25) is 0 Å². The highest BCUT2D eigenvalue weighted by Gasteiger charge is 2.14. The van der Waals surface area contributed by atoms with Crippen LogP contribution in [0, 0.1) is 5.82 Å². The number of hydrogen-bond acceptors (Lipinski definition) is 5. The lowest BCUT2D eigenvalue weighted by Crippen LogP contribution is -2.32. The third-order valence-electron chi connectivity index (χ3n) is 3.51. The van der Waals surface area contributed by atoms with Gasteiger partial charge < -0.3 is 14.6 Å². The maximum atomic E-state index is 13.2. The van der Waals surface area contributed by atoms with E-state index in [0.717, 1.165) is 25.9 Å². The van der Waals surface area contributed by atoms with Gasteiger partial charge in [-0.3, -0.25) is 0 Å². The first-order valence-corrected chi connectivity index (χ1v) is 7.22. The highest BCUT2D eigenvalue weighted by molar-refractivity contribution is 5.53. The third-order valence-corrected chi connectivity index (χ3v) is 3.51. The first-order valence-electron chi connectivity index (χ1n) is 7.22. The van der Waals surface area contributed by atoms with Crippen LogP contribution in [0.3, 0.4) is 0 Å². The van der Waals surface area contributed by atoms with E-state index in [0.29, 0.717) is 36.4 Å². The molecule has 0 bridgehead atoms. The van der Waals surface area contributed by atoms with Gasteiger partial charge in [-0.1, -0.05) is 17.3 Å². The summed E-state index contributed by atoms with van der Waals surface area (Å²) in [5.74, 6) is 0.614. The van der Waals surface area contributed by atoms with Gasteiger partial charge >= 0.3 is 0 Å². The van der Waals surface area contributed by atoms with Gasteiger partial charge in [-0.15, -0.1) is 0 Å². The molecule has 5 nitrogen and oxygen atoms in total. The van der Waals surface area contributed by atoms with Crippen LogP contribution in [0.4, 0.5) is 4.39 Å². The van der Waals surface area contributed by atoms with Crippen LogP contribution < -0.4 is 5.32 Å². The molecule has 0 aliphatic carbocycles. The van der Waals surface area contributed by atoms with E-state index in [1.807, 2.05) is 0 Å². The third kappa shape index (κ3) is 3.86. The standard InChI is InChI=1S/C15H18FN3O2/c16-12-3-1-2-11(10-12)15-18-14(21-19-15)6-9-20-13-4-7-17-8-5-13/h1-3,10,13,17H,4-9H2. The molecule has 0 radical (unpaired) electrons. The van der Waals surface area contributed by atoms with Gasteiger partial charge in [0.2, 0.25) is 11.7 Å². The van der Waals surface area contributed by atoms with Gasteiger partial charge in [0.1, 0.15) is 5.82 Å². The van der Waals surface area contributed by atoms with E-state index in [1.54, 1.807) is 12.1 Å². The van der Waals surface area contributed by atoms with Crippen LogP contribution in [-0.4, -0.2) is 35.9 Å². The number of benzene rings is 1. The summed E-state index contributed by atoms with van der Waals surface area (Å²) in [6, 6.07) is 6.15. The van der Waals surface area contributed by atoms with Gasteiger partial charge in [0.15, 0.2) is 0 Å². The summed E-state index contributed by atoms with van der Waals surface area (Å²) in [6.45, 7) is 2.58. The van der Waals surface area contributed by atoms with Crippen molar-refractivity contribution >= 4 is 0 Å². The van der Waals surface area contributed by atoms with Crippen molar-refractivity contribution in [2.45, 2.75) is 25.4 Å². The lowest BCUT2D eigenvalue weighted by molar-refractivity contribution is 0.0322. The van der Waals surface area contributed by atoms with Gasteiger partial charge in [0.05, 0.1) is 19.1 Å². The van der Waals surface area contributed by atoms with E-state index in [-0.39, 0.29) is 5.82 Å². The topological polar surface area (TPSA) is 60.2 Å². The number of piperidine rings is 1. The van der Waals surface area contributed by atoms with Gasteiger partial charge in [0.25, 0.3) is 0 Å². The first-order chi connectivity index (χ1) is 10.3. The molecule has 1 aliphatic rings. The first kappa shape index (κ1) is 14.2. The van der Waals surface area contributed by atoms with Crippen molar-refractivity contribution in [3.05, 3.63) is 36.0 Å². The molecule has 112 valence electrons. The molecule has 6 heteroatoms.